The second-order valence-corrected chi connectivity index (χ2v) is 4.14. The number of nitro benzene ring substituents is 1. The average Bonchev–Trinajstić information content (AvgIpc) is 2.37. The first-order valence-corrected chi connectivity index (χ1v) is 5.99. The molecule has 1 rings (SSSR count). The topological polar surface area (TPSA) is 63.5 Å². The molecule has 5 heteroatoms. The summed E-state index contributed by atoms with van der Waals surface area (Å²) in [4.78, 5) is 23.7. The van der Waals surface area contributed by atoms with E-state index in [0.717, 1.165) is 6.42 Å². The number of hydrogen-bond donors (Lipinski definition) is 0. The zero-order valence-corrected chi connectivity index (χ0v) is 11.0. The average molecular weight is 260 g/mol. The first kappa shape index (κ1) is 14.7. The Morgan fingerprint density at radius 1 is 1.53 bits per heavy atom. The maximum atomic E-state index is 11.4. The highest BCUT2D eigenvalue weighted by Gasteiger charge is 2.19. The van der Waals surface area contributed by atoms with Crippen LogP contribution in [-0.4, -0.2) is 23.8 Å². The molecule has 0 unspecified atom stereocenters. The van der Waals surface area contributed by atoms with Crippen LogP contribution in [0.4, 0.5) is 11.4 Å². The van der Waals surface area contributed by atoms with E-state index in [9.17, 15) is 14.9 Å². The van der Waals surface area contributed by atoms with E-state index in [1.54, 1.807) is 6.07 Å². The molecule has 19 heavy (non-hydrogen) atoms. The minimum atomic E-state index is -0.541. The quantitative estimate of drug-likeness (QED) is 0.341. The van der Waals surface area contributed by atoms with E-state index < -0.39 is 4.92 Å². The minimum Gasteiger partial charge on any atom is -0.360 e. The van der Waals surface area contributed by atoms with Crippen LogP contribution >= 0.6 is 0 Å². The van der Waals surface area contributed by atoms with Crippen LogP contribution in [0, 0.1) is 22.5 Å². The number of nitro groups is 1. The molecule has 0 aromatic heterocycles. The van der Waals surface area contributed by atoms with E-state index in [4.69, 9.17) is 6.42 Å². The maximum Gasteiger partial charge on any atom is 0.282 e. The van der Waals surface area contributed by atoms with E-state index in [1.807, 2.05) is 11.8 Å². The zero-order chi connectivity index (χ0) is 14.4. The summed E-state index contributed by atoms with van der Waals surface area (Å²) in [5.74, 6) is 2.20. The van der Waals surface area contributed by atoms with E-state index in [-0.39, 0.29) is 17.0 Å². The van der Waals surface area contributed by atoms with Crippen LogP contribution in [0.2, 0.25) is 0 Å². The predicted octanol–water partition coefficient (Wildman–Crippen LogP) is 2.65. The molecule has 0 heterocycles. The molecule has 0 aliphatic carbocycles. The van der Waals surface area contributed by atoms with Gasteiger partial charge >= 0.3 is 0 Å². The van der Waals surface area contributed by atoms with Crippen molar-refractivity contribution < 1.29 is 9.72 Å². The Balaban J connectivity index is 3.23. The van der Waals surface area contributed by atoms with Crippen LogP contribution in [0.5, 0.6) is 0 Å². The minimum absolute atomic E-state index is 0.117. The maximum absolute atomic E-state index is 11.4. The summed E-state index contributed by atoms with van der Waals surface area (Å²) in [6.07, 6.45) is 6.17. The van der Waals surface area contributed by atoms with Crippen molar-refractivity contribution in [1.82, 2.24) is 0 Å². The van der Waals surface area contributed by atoms with Crippen LogP contribution in [0.25, 0.3) is 0 Å². The van der Waals surface area contributed by atoms with Gasteiger partial charge < -0.3 is 4.90 Å². The van der Waals surface area contributed by atoms with Gasteiger partial charge in [-0.25, -0.2) is 0 Å². The Kier molecular flexibility index (Phi) is 5.07. The van der Waals surface area contributed by atoms with Crippen molar-refractivity contribution in [1.29, 1.82) is 0 Å². The zero-order valence-electron chi connectivity index (χ0n) is 11.0. The third-order valence-corrected chi connectivity index (χ3v) is 2.70. The predicted molar refractivity (Wildman–Crippen MR) is 74.4 cm³/mol. The van der Waals surface area contributed by atoms with Gasteiger partial charge in [-0.15, -0.1) is 6.42 Å². The summed E-state index contributed by atoms with van der Waals surface area (Å²) < 4.78 is 0. The summed E-state index contributed by atoms with van der Waals surface area (Å²) >= 11 is 0. The second-order valence-electron chi connectivity index (χ2n) is 4.14. The van der Waals surface area contributed by atoms with Gasteiger partial charge in [0.15, 0.2) is 5.78 Å². The third-order valence-electron chi connectivity index (χ3n) is 2.70. The van der Waals surface area contributed by atoms with Crippen molar-refractivity contribution in [3.8, 4) is 12.3 Å². The lowest BCUT2D eigenvalue weighted by molar-refractivity contribution is -0.385. The first-order valence-electron chi connectivity index (χ1n) is 5.99. The first-order chi connectivity index (χ1) is 9.01. The van der Waals surface area contributed by atoms with Crippen molar-refractivity contribution >= 4 is 17.2 Å². The van der Waals surface area contributed by atoms with E-state index >= 15 is 0 Å². The molecule has 1 aromatic rings. The normalized spacial score (nSPS) is 9.74. The number of nitrogens with zero attached hydrogens (tertiary/aromatic N) is 2. The van der Waals surface area contributed by atoms with Gasteiger partial charge in [-0.2, -0.15) is 0 Å². The largest absolute Gasteiger partial charge is 0.360 e. The highest BCUT2D eigenvalue weighted by molar-refractivity contribution is 5.98. The van der Waals surface area contributed by atoms with Gasteiger partial charge in [0.05, 0.1) is 17.0 Å². The molecular formula is C14H16N2O3. The molecule has 0 saturated heterocycles. The van der Waals surface area contributed by atoms with Crippen LogP contribution in [0.15, 0.2) is 18.2 Å². The number of carbonyl (C=O) groups excluding carboxylic acids is 1. The molecule has 1 aromatic carbocycles. The highest BCUT2D eigenvalue weighted by Crippen LogP contribution is 2.26. The molecule has 0 atom stereocenters. The van der Waals surface area contributed by atoms with E-state index in [0.29, 0.717) is 18.8 Å². The number of hydrogen-bond acceptors (Lipinski definition) is 4. The summed E-state index contributed by atoms with van der Waals surface area (Å²) in [6.45, 7) is 4.40. The standard InChI is InChI=1S/C14H16N2O3/c1-4-8-15(9-5-2)12-6-7-13(11(3)17)14(10-12)16(18)19/h1,6-7,10H,5,8-9H2,2-3H3. The Labute approximate surface area is 112 Å². The fourth-order valence-corrected chi connectivity index (χ4v) is 1.85. The monoisotopic (exact) mass is 260 g/mol. The third kappa shape index (κ3) is 3.55. The number of benzene rings is 1. The molecule has 0 aliphatic rings. The number of anilines is 1. The van der Waals surface area contributed by atoms with Crippen LogP contribution in [0.3, 0.4) is 0 Å². The lowest BCUT2D eigenvalue weighted by Gasteiger charge is -2.21. The number of rotatable bonds is 6. The van der Waals surface area contributed by atoms with Gasteiger partial charge in [-0.05, 0) is 25.5 Å². The lowest BCUT2D eigenvalue weighted by Crippen LogP contribution is -2.24. The van der Waals surface area contributed by atoms with E-state index in [2.05, 4.69) is 5.92 Å². The van der Waals surface area contributed by atoms with E-state index in [1.165, 1.54) is 19.1 Å². The van der Waals surface area contributed by atoms with Crippen LogP contribution < -0.4 is 4.90 Å². The Morgan fingerprint density at radius 2 is 2.21 bits per heavy atom. The molecule has 5 nitrogen and oxygen atoms in total. The number of terminal acetylenes is 1. The highest BCUT2D eigenvalue weighted by atomic mass is 16.6. The number of Topliss-reactive ketones (excluding diaryl/α,β-unsaturated/α-hetero) is 1. The van der Waals surface area contributed by atoms with Gasteiger partial charge in [0.25, 0.3) is 5.69 Å². The molecule has 0 amide bonds. The van der Waals surface area contributed by atoms with Crippen molar-refractivity contribution in [3.63, 3.8) is 0 Å². The van der Waals surface area contributed by atoms with Crippen LogP contribution in [-0.2, 0) is 0 Å². The summed E-state index contributed by atoms with van der Waals surface area (Å²) in [5.41, 5.74) is 0.602. The van der Waals surface area contributed by atoms with Gasteiger partial charge in [0.1, 0.15) is 0 Å². The Hall–Kier alpha value is -2.35. The number of ketones is 1. The fourth-order valence-electron chi connectivity index (χ4n) is 1.85. The van der Waals surface area contributed by atoms with Crippen molar-refractivity contribution in [3.05, 3.63) is 33.9 Å². The molecule has 0 bridgehead atoms. The molecule has 100 valence electrons. The molecular weight excluding hydrogens is 244 g/mol. The van der Waals surface area contributed by atoms with Crippen molar-refractivity contribution in [2.75, 3.05) is 18.0 Å². The summed E-state index contributed by atoms with van der Waals surface area (Å²) in [7, 11) is 0. The Morgan fingerprint density at radius 3 is 2.68 bits per heavy atom. The smallest absolute Gasteiger partial charge is 0.282 e. The molecule has 0 saturated carbocycles. The molecule has 0 N–H and O–H groups in total. The van der Waals surface area contributed by atoms with Gasteiger partial charge in [0, 0.05) is 18.3 Å². The Bertz CT molecular complexity index is 532. The number of carbonyl (C=O) groups is 1. The second kappa shape index (κ2) is 6.55. The summed E-state index contributed by atoms with van der Waals surface area (Å²) in [5, 5.41) is 11.0. The molecule has 0 radical (unpaired) electrons. The van der Waals surface area contributed by atoms with Crippen molar-refractivity contribution in [2.24, 2.45) is 0 Å². The van der Waals surface area contributed by atoms with Crippen molar-refractivity contribution in [2.45, 2.75) is 20.3 Å². The summed E-state index contributed by atoms with van der Waals surface area (Å²) in [6, 6.07) is 4.58. The molecule has 0 aliphatic heterocycles. The molecule has 0 spiro atoms. The lowest BCUT2D eigenvalue weighted by atomic mass is 10.1. The molecule has 0 fully saturated rings. The SMILES string of the molecule is C#CCN(CCC)c1ccc(C(C)=O)c([N+](=O)[O-])c1. The van der Waals surface area contributed by atoms with Crippen LogP contribution in [0.1, 0.15) is 30.6 Å². The van der Waals surface area contributed by atoms with Gasteiger partial charge in [-0.1, -0.05) is 12.8 Å². The van der Waals surface area contributed by atoms with Gasteiger partial charge in [0.2, 0.25) is 0 Å². The van der Waals surface area contributed by atoms with Gasteiger partial charge in [-0.3, -0.25) is 14.9 Å². The fraction of sp³-hybridized carbons (Fsp3) is 0.357.